The Labute approximate surface area is 151 Å². The lowest BCUT2D eigenvalue weighted by Gasteiger charge is -2.38. The van der Waals surface area contributed by atoms with Gasteiger partial charge in [0.2, 0.25) is 11.8 Å². The van der Waals surface area contributed by atoms with E-state index in [1.807, 2.05) is 0 Å². The summed E-state index contributed by atoms with van der Waals surface area (Å²) in [6.07, 6.45) is -1.73. The number of rotatable bonds is 5. The average molecular weight is 373 g/mol. The van der Waals surface area contributed by atoms with E-state index < -0.39 is 23.0 Å². The molecule has 1 aromatic rings. The zero-order valence-corrected chi connectivity index (χ0v) is 15.5. The monoisotopic (exact) mass is 373 g/mol. The molecule has 1 amide bonds. The molecule has 0 saturated carbocycles. The molecule has 2 N–H and O–H groups in total. The van der Waals surface area contributed by atoms with Crippen molar-refractivity contribution in [3.8, 4) is 5.88 Å². The predicted molar refractivity (Wildman–Crippen MR) is 91.8 cm³/mol. The summed E-state index contributed by atoms with van der Waals surface area (Å²) in [5.74, 6) is -0.756. The van der Waals surface area contributed by atoms with Gasteiger partial charge >= 0.3 is 6.18 Å². The minimum Gasteiger partial charge on any atom is -0.476 e. The Hall–Kier alpha value is -1.83. The summed E-state index contributed by atoms with van der Waals surface area (Å²) in [6, 6.07) is 2.14. The van der Waals surface area contributed by atoms with E-state index in [0.29, 0.717) is 0 Å². The number of piperidine rings is 1. The Balaban J connectivity index is 1.99. The molecule has 1 unspecified atom stereocenters. The molecule has 0 spiro atoms. The molecular formula is C18H26F3N3O2. The van der Waals surface area contributed by atoms with E-state index in [1.54, 1.807) is 13.8 Å². The van der Waals surface area contributed by atoms with Crippen LogP contribution in [-0.2, 0) is 11.0 Å². The molecule has 0 bridgehead atoms. The molecule has 2 heterocycles. The minimum atomic E-state index is -4.56. The van der Waals surface area contributed by atoms with Gasteiger partial charge in [-0.3, -0.25) is 4.79 Å². The van der Waals surface area contributed by atoms with Gasteiger partial charge in [-0.25, -0.2) is 4.98 Å². The Morgan fingerprint density at radius 3 is 2.73 bits per heavy atom. The number of aromatic nitrogens is 1. The Kier molecular flexibility index (Phi) is 5.85. The minimum absolute atomic E-state index is 0.0265. The number of carbonyl (C=O) groups excluding carboxylic acids is 1. The fourth-order valence-electron chi connectivity index (χ4n) is 2.91. The van der Waals surface area contributed by atoms with Crippen LogP contribution in [0.1, 0.15) is 46.1 Å². The van der Waals surface area contributed by atoms with Crippen LogP contribution in [0.25, 0.3) is 0 Å². The molecule has 5 nitrogen and oxygen atoms in total. The van der Waals surface area contributed by atoms with E-state index in [9.17, 15) is 18.0 Å². The maximum atomic E-state index is 13.0. The number of nitrogens with one attached hydrogen (secondary N) is 2. The normalized spacial score (nSPS) is 20.5. The van der Waals surface area contributed by atoms with Gasteiger partial charge in [-0.2, -0.15) is 13.2 Å². The predicted octanol–water partition coefficient (Wildman–Crippen LogP) is 3.15. The van der Waals surface area contributed by atoms with Crippen LogP contribution in [0.5, 0.6) is 5.88 Å². The molecule has 1 saturated heterocycles. The lowest BCUT2D eigenvalue weighted by atomic mass is 9.87. The van der Waals surface area contributed by atoms with Gasteiger partial charge in [-0.1, -0.05) is 0 Å². The Bertz CT molecular complexity index is 645. The summed E-state index contributed by atoms with van der Waals surface area (Å²) in [5.41, 5.74) is -2.00. The van der Waals surface area contributed by atoms with Crippen LogP contribution < -0.4 is 15.4 Å². The smallest absolute Gasteiger partial charge is 0.421 e. The third-order valence-electron chi connectivity index (χ3n) is 4.45. The third-order valence-corrected chi connectivity index (χ3v) is 4.45. The maximum absolute atomic E-state index is 13.0. The molecule has 1 aliphatic rings. The number of ether oxygens (including phenoxy) is 1. The van der Waals surface area contributed by atoms with Gasteiger partial charge in [0.25, 0.3) is 0 Å². The van der Waals surface area contributed by atoms with Gasteiger partial charge in [0.05, 0.1) is 5.41 Å². The largest absolute Gasteiger partial charge is 0.476 e. The molecule has 2 rings (SSSR count). The number of hydrogen-bond donors (Lipinski definition) is 2. The number of pyridine rings is 1. The Morgan fingerprint density at radius 2 is 2.12 bits per heavy atom. The van der Waals surface area contributed by atoms with E-state index in [4.69, 9.17) is 4.74 Å². The first-order valence-corrected chi connectivity index (χ1v) is 8.62. The van der Waals surface area contributed by atoms with Gasteiger partial charge in [0.15, 0.2) is 0 Å². The lowest BCUT2D eigenvalue weighted by Crippen LogP contribution is -2.55. The molecule has 1 fully saturated rings. The molecule has 0 aliphatic carbocycles. The van der Waals surface area contributed by atoms with Gasteiger partial charge < -0.3 is 15.4 Å². The van der Waals surface area contributed by atoms with E-state index in [1.165, 1.54) is 12.3 Å². The summed E-state index contributed by atoms with van der Waals surface area (Å²) in [7, 11) is 0. The maximum Gasteiger partial charge on any atom is 0.421 e. The number of amides is 1. The van der Waals surface area contributed by atoms with Crippen LogP contribution in [0.4, 0.5) is 13.2 Å². The zero-order chi connectivity index (χ0) is 19.6. The van der Waals surface area contributed by atoms with Crippen molar-refractivity contribution in [3.63, 3.8) is 0 Å². The third kappa shape index (κ3) is 5.33. The van der Waals surface area contributed by atoms with Gasteiger partial charge in [-0.05, 0) is 59.2 Å². The molecule has 146 valence electrons. The van der Waals surface area contributed by atoms with Crippen molar-refractivity contribution in [2.24, 2.45) is 5.41 Å². The van der Waals surface area contributed by atoms with Gasteiger partial charge in [-0.15, -0.1) is 0 Å². The summed E-state index contributed by atoms with van der Waals surface area (Å²) < 4.78 is 44.3. The van der Waals surface area contributed by atoms with Crippen molar-refractivity contribution >= 4 is 5.91 Å². The molecule has 0 aromatic carbocycles. The van der Waals surface area contributed by atoms with E-state index in [2.05, 4.69) is 29.5 Å². The van der Waals surface area contributed by atoms with Crippen molar-refractivity contribution in [3.05, 3.63) is 23.9 Å². The highest BCUT2D eigenvalue weighted by Crippen LogP contribution is 2.35. The second kappa shape index (κ2) is 7.42. The molecule has 26 heavy (non-hydrogen) atoms. The number of alkyl halides is 3. The second-order valence-electron chi connectivity index (χ2n) is 8.00. The molecule has 1 aromatic heterocycles. The molecular weight excluding hydrogens is 347 g/mol. The molecule has 0 radical (unpaired) electrons. The first kappa shape index (κ1) is 20.5. The van der Waals surface area contributed by atoms with Gasteiger partial charge in [0, 0.05) is 17.8 Å². The summed E-state index contributed by atoms with van der Waals surface area (Å²) in [4.78, 5) is 16.3. The van der Waals surface area contributed by atoms with Gasteiger partial charge in [0.1, 0.15) is 12.2 Å². The fraction of sp³-hybridized carbons (Fsp3) is 0.667. The highest BCUT2D eigenvalue weighted by molar-refractivity contribution is 5.82. The second-order valence-corrected chi connectivity index (χ2v) is 8.00. The van der Waals surface area contributed by atoms with Crippen LogP contribution in [-0.4, -0.2) is 35.6 Å². The molecule has 8 heteroatoms. The Morgan fingerprint density at radius 1 is 1.42 bits per heavy atom. The van der Waals surface area contributed by atoms with Crippen molar-refractivity contribution in [2.75, 3.05) is 13.2 Å². The fourth-order valence-corrected chi connectivity index (χ4v) is 2.91. The molecule has 1 atom stereocenters. The lowest BCUT2D eigenvalue weighted by molar-refractivity contribution is -0.139. The highest BCUT2D eigenvalue weighted by atomic mass is 19.4. The van der Waals surface area contributed by atoms with Crippen molar-refractivity contribution in [1.82, 2.24) is 15.6 Å². The van der Waals surface area contributed by atoms with Crippen molar-refractivity contribution < 1.29 is 22.7 Å². The highest BCUT2D eigenvalue weighted by Gasteiger charge is 2.37. The zero-order valence-electron chi connectivity index (χ0n) is 15.5. The average Bonchev–Trinajstić information content (AvgIpc) is 2.51. The summed E-state index contributed by atoms with van der Waals surface area (Å²) >= 11 is 0. The van der Waals surface area contributed by atoms with E-state index >= 15 is 0 Å². The quantitative estimate of drug-likeness (QED) is 0.832. The van der Waals surface area contributed by atoms with Crippen LogP contribution in [0, 0.1) is 5.41 Å². The van der Waals surface area contributed by atoms with Crippen LogP contribution in [0.2, 0.25) is 0 Å². The van der Waals surface area contributed by atoms with Crippen LogP contribution in [0.15, 0.2) is 18.3 Å². The van der Waals surface area contributed by atoms with Crippen LogP contribution >= 0.6 is 0 Å². The van der Waals surface area contributed by atoms with E-state index in [0.717, 1.165) is 25.5 Å². The van der Waals surface area contributed by atoms with E-state index in [-0.39, 0.29) is 24.1 Å². The topological polar surface area (TPSA) is 63.2 Å². The number of nitrogens with zero attached hydrogens (tertiary/aromatic N) is 1. The number of hydrogen-bond acceptors (Lipinski definition) is 4. The number of halogens is 3. The first-order chi connectivity index (χ1) is 11.9. The van der Waals surface area contributed by atoms with Crippen molar-refractivity contribution in [2.45, 2.75) is 58.3 Å². The van der Waals surface area contributed by atoms with Crippen molar-refractivity contribution in [1.29, 1.82) is 0 Å². The first-order valence-electron chi connectivity index (χ1n) is 8.62. The standard InChI is InChI=1S/C18H26F3N3O2/c1-16(2,15(25)24-12-7-9-23-17(3,4)10-12)11-26-14-13(18(19,20)21)6-5-8-22-14/h5-6,8,12,23H,7,9-11H2,1-4H3,(H,24,25). The SMILES string of the molecule is CC1(C)CC(NC(=O)C(C)(C)COc2ncccc2C(F)(F)F)CCN1. The molecule has 1 aliphatic heterocycles. The summed E-state index contributed by atoms with van der Waals surface area (Å²) in [5, 5.41) is 6.37. The number of carbonyl (C=O) groups is 1. The summed E-state index contributed by atoms with van der Waals surface area (Å²) in [6.45, 7) is 8.03. The van der Waals surface area contributed by atoms with Crippen LogP contribution in [0.3, 0.4) is 0 Å².